The first-order valence-corrected chi connectivity index (χ1v) is 49.3. The Morgan fingerprint density at radius 3 is 1.89 bits per heavy atom. The van der Waals surface area contributed by atoms with Crippen LogP contribution in [-0.4, -0.2) is 244 Å². The quantitative estimate of drug-likeness (QED) is 0.00986. The third-order valence-corrected chi connectivity index (χ3v) is 30.1. The number of fused-ring (bicyclic) bond motifs is 9. The van der Waals surface area contributed by atoms with Crippen LogP contribution in [-0.2, 0) is 118 Å². The number of nitrogens with zero attached hydrogens (tertiary/aromatic N) is 4. The van der Waals surface area contributed by atoms with Gasteiger partial charge in [0.1, 0.15) is 78.8 Å². The number of aryl methyl sites for hydroxylation is 3. The number of rotatable bonds is 44. The van der Waals surface area contributed by atoms with Crippen molar-refractivity contribution in [3.05, 3.63) is 141 Å². The van der Waals surface area contributed by atoms with E-state index in [1.165, 1.54) is 21.4 Å². The van der Waals surface area contributed by atoms with Crippen molar-refractivity contribution < 1.29 is 117 Å². The Morgan fingerprint density at radius 1 is 0.581 bits per heavy atom. The van der Waals surface area contributed by atoms with Crippen LogP contribution in [0.3, 0.4) is 0 Å². The van der Waals surface area contributed by atoms with E-state index < -0.39 is 145 Å². The number of anilines is 2. The molecule has 4 fully saturated rings. The molecule has 1 aromatic heterocycles. The van der Waals surface area contributed by atoms with Crippen LogP contribution in [0.2, 0.25) is 0 Å². The first kappa shape index (κ1) is 104. The third-order valence-electron chi connectivity index (χ3n) is 30.1. The molecule has 4 heterocycles. The fourth-order valence-corrected chi connectivity index (χ4v) is 22.3. The van der Waals surface area contributed by atoms with Crippen LogP contribution in [0.15, 0.2) is 84.9 Å². The fraction of sp³-hybridized carbons (Fsp3) is 0.644. The average Bonchev–Trinajstić information content (AvgIpc) is 0.851. The van der Waals surface area contributed by atoms with E-state index in [1.54, 1.807) is 25.7 Å². The van der Waals surface area contributed by atoms with E-state index in [-0.39, 0.29) is 137 Å². The standard InChI is InChI=1S/C104H142N8O24/c1-63(2)87(79(117)56-65(4)95(125)106-72-36-33-68-35-39-84-102(6,76(68)58-72)43-20-45-104(84,8)100(128)108-99(127)103(7)44-19-42-101(5)75-55-64(3)29-30-67(75)34-38-83(101)103)107-96(126)70(57-74(116)41-48-130-50-52-132-54-53-131-51-49-129-47-18-25-73(115)37-40-86(119)111-59-71-24-13-12-21-66(71)31-32-69-22-14-15-26-77(69)111)23-16-17-46-105-85(118)62-133-80-28-11-9-10-27-78-88(80)109-110-112(78)97-92(123)91(122)94(82(61-114)134-97)136-98-93(124)90(121)89(120)81(60-113)135-98/h12-15,21-22,24,26,29-30,33,36,55,58,63,65,70,80-84,87,89-94,97-98,113-114,120-124H,9-11,16-20,23,25,27-28,34-35,37-54,56-57,59-62H2,1-8H3,(H,105,118)(H,106,125)(H,107,126)(H,108,127,128)/t65-,70+,80?,81-,82-,83-,84-,87+,89-,90+,91-,92-,93-,94-,97+,98-,101-,102-,103+,104+/m1/s1. The van der Waals surface area contributed by atoms with Crippen molar-refractivity contribution in [1.82, 2.24) is 30.9 Å². The highest BCUT2D eigenvalue weighted by Crippen LogP contribution is 2.60. The van der Waals surface area contributed by atoms with Crippen molar-refractivity contribution in [1.29, 1.82) is 0 Å². The Balaban J connectivity index is 0.570. The topological polar surface area (TPSA) is 451 Å². The molecule has 13 rings (SSSR count). The maximum absolute atomic E-state index is 15.0. The summed E-state index contributed by atoms with van der Waals surface area (Å²) in [4.78, 5) is 129. The first-order valence-electron chi connectivity index (χ1n) is 49.3. The van der Waals surface area contributed by atoms with Gasteiger partial charge in [-0.05, 0) is 184 Å². The first-order chi connectivity index (χ1) is 65.3. The molecule has 0 radical (unpaired) electrons. The van der Waals surface area contributed by atoms with Crippen molar-refractivity contribution in [3.63, 3.8) is 0 Å². The molecule has 742 valence electrons. The number of para-hydroxylation sites is 1. The second-order valence-electron chi connectivity index (χ2n) is 40.0. The van der Waals surface area contributed by atoms with Crippen LogP contribution < -0.4 is 26.2 Å². The van der Waals surface area contributed by atoms with E-state index in [2.05, 4.69) is 89.3 Å². The highest BCUT2D eigenvalue weighted by atomic mass is 16.7. The molecule has 32 nitrogen and oxygen atoms in total. The van der Waals surface area contributed by atoms with Gasteiger partial charge in [0.15, 0.2) is 18.3 Å². The molecular weight excluding hydrogens is 1750 g/mol. The number of aliphatic hydroxyl groups is 7. The van der Waals surface area contributed by atoms with Crippen molar-refractivity contribution >= 4 is 64.2 Å². The van der Waals surface area contributed by atoms with Gasteiger partial charge < -0.3 is 94.5 Å². The molecule has 136 heavy (non-hydrogen) atoms. The molecule has 5 aromatic rings. The Kier molecular flexibility index (Phi) is 36.7. The predicted molar refractivity (Wildman–Crippen MR) is 501 cm³/mol. The molecule has 1 unspecified atom stereocenters. The summed E-state index contributed by atoms with van der Waals surface area (Å²) in [5.74, 6) is 1.67. The van der Waals surface area contributed by atoms with Gasteiger partial charge in [0.2, 0.25) is 35.4 Å². The molecule has 8 aliphatic rings. The molecule has 11 N–H and O–H groups in total. The molecule has 2 saturated carbocycles. The molecular formula is C104H142N8O24. The summed E-state index contributed by atoms with van der Waals surface area (Å²) in [7, 11) is 0. The zero-order valence-corrected chi connectivity index (χ0v) is 80.1. The normalized spacial score (nSPS) is 27.9. The number of nitrogens with one attached hydrogen (secondary N) is 4. The molecule has 0 spiro atoms. The summed E-state index contributed by atoms with van der Waals surface area (Å²) >= 11 is 0. The van der Waals surface area contributed by atoms with Crippen molar-refractivity contribution in [2.45, 2.75) is 307 Å². The number of aromatic nitrogens is 3. The number of carbonyl (C=O) groups excluding carboxylic acids is 9. The molecule has 4 aromatic carbocycles. The molecule has 20 atom stereocenters. The lowest BCUT2D eigenvalue weighted by atomic mass is 9.49. The van der Waals surface area contributed by atoms with Crippen LogP contribution in [0.4, 0.5) is 11.4 Å². The summed E-state index contributed by atoms with van der Waals surface area (Å²) in [5.41, 5.74) is 8.55. The van der Waals surface area contributed by atoms with Crippen LogP contribution in [0.1, 0.15) is 258 Å². The summed E-state index contributed by atoms with van der Waals surface area (Å²) in [5, 5.41) is 95.4. The highest BCUT2D eigenvalue weighted by Gasteiger charge is 2.60. The number of carbonyl (C=O) groups is 9. The van der Waals surface area contributed by atoms with Crippen molar-refractivity contribution in [2.24, 2.45) is 40.4 Å². The van der Waals surface area contributed by atoms with Gasteiger partial charge in [0, 0.05) is 80.3 Å². The largest absolute Gasteiger partial charge is 0.394 e. The predicted octanol–water partition coefficient (Wildman–Crippen LogP) is 8.69. The third kappa shape index (κ3) is 24.7. The van der Waals surface area contributed by atoms with Gasteiger partial charge in [-0.15, -0.1) is 5.10 Å². The van der Waals surface area contributed by atoms with Gasteiger partial charge in [0.05, 0.1) is 94.3 Å². The Hall–Kier alpha value is -8.99. The maximum Gasteiger partial charge on any atom is 0.246 e. The van der Waals surface area contributed by atoms with Gasteiger partial charge in [-0.2, -0.15) is 0 Å². The van der Waals surface area contributed by atoms with Gasteiger partial charge in [-0.1, -0.05) is 158 Å². The number of imide groups is 1. The number of unbranched alkanes of at least 4 members (excludes halogenated alkanes) is 1. The van der Waals surface area contributed by atoms with E-state index in [1.807, 2.05) is 73.7 Å². The summed E-state index contributed by atoms with van der Waals surface area (Å²) in [6, 6.07) is 26.9. The Morgan fingerprint density at radius 2 is 1.21 bits per heavy atom. The van der Waals surface area contributed by atoms with E-state index in [4.69, 9.17) is 37.9 Å². The maximum atomic E-state index is 15.0. The van der Waals surface area contributed by atoms with Crippen molar-refractivity contribution in [2.75, 3.05) is 89.4 Å². The van der Waals surface area contributed by atoms with Gasteiger partial charge in [-0.3, -0.25) is 48.5 Å². The SMILES string of the molecule is Cc1ccc2c(c1)[C@@]1(C)CCC[C@](C)(C(=O)NC(=O)[C@@]3(C)CCC[C@]4(C)c5cc(NC(=O)[C@H](C)CC(=O)[C@@H](NC(=O)[C@@H](CCCCNC(=O)COC6CCCCCc7c6nnn7[C@H]6O[C@H](CO)[C@@H](O[C@H]7O[C@H](CO)[C@@H](O)[C@H](O)[C@H]7O)[C@H](O)[C@H]6O)CC(=O)CCOCCOCCOCCOCCCC(=O)CCC(=O)N6Cc7ccccc7C#Cc7ccccc76)C(C)C)ccc5CC[C@@H]34)[C@@H]1CC2. The second kappa shape index (κ2) is 47.8. The number of ether oxygens (including phenoxy) is 8. The number of amides is 6. The fourth-order valence-electron chi connectivity index (χ4n) is 22.3. The van der Waals surface area contributed by atoms with E-state index in [9.17, 15) is 74.1 Å². The number of hydrogen-bond donors (Lipinski definition) is 11. The zero-order valence-electron chi connectivity index (χ0n) is 80.1. The molecule has 0 bridgehead atoms. The Labute approximate surface area is 797 Å². The Bertz CT molecular complexity index is 5050. The van der Waals surface area contributed by atoms with Gasteiger partial charge in [0.25, 0.3) is 0 Å². The number of aliphatic hydroxyl groups excluding tert-OH is 7. The lowest BCUT2D eigenvalue weighted by Crippen LogP contribution is -2.63. The minimum Gasteiger partial charge on any atom is -0.394 e. The van der Waals surface area contributed by atoms with Gasteiger partial charge in [-0.25, -0.2) is 4.68 Å². The highest BCUT2D eigenvalue weighted by molar-refractivity contribution is 6.02. The second-order valence-corrected chi connectivity index (χ2v) is 40.0. The number of Topliss-reactive ketones (excluding diaryl/α,β-unsaturated/α-hetero) is 3. The molecule has 2 saturated heterocycles. The lowest BCUT2D eigenvalue weighted by Gasteiger charge is -2.56. The smallest absolute Gasteiger partial charge is 0.246 e. The summed E-state index contributed by atoms with van der Waals surface area (Å²) in [6.07, 6.45) is -4.54. The minimum atomic E-state index is -1.85. The van der Waals surface area contributed by atoms with Gasteiger partial charge >= 0.3 is 0 Å². The van der Waals surface area contributed by atoms with Crippen LogP contribution >= 0.6 is 0 Å². The van der Waals surface area contributed by atoms with Crippen LogP contribution in [0.5, 0.6) is 0 Å². The molecule has 6 amide bonds. The minimum absolute atomic E-state index is 0.0203. The summed E-state index contributed by atoms with van der Waals surface area (Å²) < 4.78 is 47.8. The molecule has 32 heteroatoms. The lowest BCUT2D eigenvalue weighted by molar-refractivity contribution is -0.347. The van der Waals surface area contributed by atoms with E-state index in [0.29, 0.717) is 108 Å². The monoisotopic (exact) mass is 1890 g/mol. The average molecular weight is 1890 g/mol. The number of benzene rings is 4. The van der Waals surface area contributed by atoms with Crippen molar-refractivity contribution in [3.8, 4) is 11.8 Å². The van der Waals surface area contributed by atoms with Crippen LogP contribution in [0, 0.1) is 59.2 Å². The summed E-state index contributed by atoms with van der Waals surface area (Å²) in [6.45, 7) is 16.6. The number of hydrogen-bond acceptors (Lipinski definition) is 26. The van der Waals surface area contributed by atoms with Crippen LogP contribution in [0.25, 0.3) is 0 Å². The number of ketones is 3. The molecule has 5 aliphatic carbocycles. The zero-order chi connectivity index (χ0) is 97.2. The molecule has 3 aliphatic heterocycles. The van der Waals surface area contributed by atoms with E-state index in [0.717, 1.165) is 84.9 Å². The van der Waals surface area contributed by atoms with E-state index >= 15 is 4.79 Å².